The fourth-order valence-electron chi connectivity index (χ4n) is 3.35. The highest BCUT2D eigenvalue weighted by atomic mass is 19.4. The monoisotopic (exact) mass is 235 g/mol. The number of alkyl halides is 3. The third kappa shape index (κ3) is 2.08. The zero-order valence-corrected chi connectivity index (χ0v) is 9.58. The summed E-state index contributed by atoms with van der Waals surface area (Å²) in [7, 11) is 0. The SMILES string of the molecule is FC(F)(F)C1(C2CCCCC2)CCCCN1. The van der Waals surface area contributed by atoms with Crippen LogP contribution in [0.4, 0.5) is 13.2 Å². The van der Waals surface area contributed by atoms with Crippen LogP contribution in [0.3, 0.4) is 0 Å². The van der Waals surface area contributed by atoms with Gasteiger partial charge in [0.05, 0.1) is 0 Å². The molecule has 0 amide bonds. The van der Waals surface area contributed by atoms with E-state index in [0.29, 0.717) is 13.0 Å². The van der Waals surface area contributed by atoms with Gasteiger partial charge in [0.2, 0.25) is 0 Å². The Labute approximate surface area is 94.8 Å². The number of nitrogens with one attached hydrogen (secondary N) is 1. The number of rotatable bonds is 1. The maximum Gasteiger partial charge on any atom is 0.406 e. The summed E-state index contributed by atoms with van der Waals surface area (Å²) in [4.78, 5) is 0. The summed E-state index contributed by atoms with van der Waals surface area (Å²) in [5, 5.41) is 2.82. The molecule has 94 valence electrons. The summed E-state index contributed by atoms with van der Waals surface area (Å²) in [5.74, 6) is -0.193. The minimum absolute atomic E-state index is 0.193. The van der Waals surface area contributed by atoms with E-state index in [0.717, 1.165) is 38.5 Å². The average molecular weight is 235 g/mol. The first-order chi connectivity index (χ1) is 7.56. The van der Waals surface area contributed by atoms with E-state index < -0.39 is 11.7 Å². The third-order valence-corrected chi connectivity index (χ3v) is 4.25. The van der Waals surface area contributed by atoms with Crippen molar-refractivity contribution in [1.29, 1.82) is 0 Å². The second-order valence-corrected chi connectivity index (χ2v) is 5.19. The molecule has 0 radical (unpaired) electrons. The largest absolute Gasteiger partial charge is 0.406 e. The van der Waals surface area contributed by atoms with Gasteiger partial charge < -0.3 is 5.32 Å². The van der Waals surface area contributed by atoms with Gasteiger partial charge in [-0.15, -0.1) is 0 Å². The van der Waals surface area contributed by atoms with Crippen LogP contribution in [0.25, 0.3) is 0 Å². The molecule has 1 saturated heterocycles. The number of hydrogen-bond donors (Lipinski definition) is 1. The summed E-state index contributed by atoms with van der Waals surface area (Å²) in [6.07, 6.45) is 2.29. The quantitative estimate of drug-likeness (QED) is 0.731. The Hall–Kier alpha value is -0.250. The lowest BCUT2D eigenvalue weighted by molar-refractivity contribution is -0.222. The molecule has 0 aromatic carbocycles. The standard InChI is InChI=1S/C12H20F3N/c13-12(14,15)11(8-4-5-9-16-11)10-6-2-1-3-7-10/h10,16H,1-9H2. The normalized spacial score (nSPS) is 33.9. The van der Waals surface area contributed by atoms with Crippen LogP contribution < -0.4 is 5.32 Å². The predicted octanol–water partition coefficient (Wildman–Crippen LogP) is 3.64. The van der Waals surface area contributed by atoms with E-state index >= 15 is 0 Å². The molecule has 4 heteroatoms. The number of hydrogen-bond acceptors (Lipinski definition) is 1. The number of halogens is 3. The molecule has 1 aliphatic carbocycles. The lowest BCUT2D eigenvalue weighted by Gasteiger charge is -2.46. The molecule has 1 N–H and O–H groups in total. The highest BCUT2D eigenvalue weighted by Gasteiger charge is 2.58. The van der Waals surface area contributed by atoms with Gasteiger partial charge in [-0.1, -0.05) is 19.3 Å². The molecule has 1 unspecified atom stereocenters. The Morgan fingerprint density at radius 3 is 2.12 bits per heavy atom. The van der Waals surface area contributed by atoms with Gasteiger partial charge >= 0.3 is 6.18 Å². The van der Waals surface area contributed by atoms with Gasteiger partial charge in [0.15, 0.2) is 0 Å². The average Bonchev–Trinajstić information content (AvgIpc) is 2.30. The first-order valence-corrected chi connectivity index (χ1v) is 6.38. The van der Waals surface area contributed by atoms with Gasteiger partial charge in [0.1, 0.15) is 5.54 Å². The summed E-state index contributed by atoms with van der Waals surface area (Å²) in [6.45, 7) is 0.524. The van der Waals surface area contributed by atoms with E-state index in [2.05, 4.69) is 5.32 Å². The number of piperidine rings is 1. The molecule has 1 nitrogen and oxygen atoms in total. The summed E-state index contributed by atoms with van der Waals surface area (Å²) in [6, 6.07) is 0. The van der Waals surface area contributed by atoms with Gasteiger partial charge in [-0.2, -0.15) is 13.2 Å². The van der Waals surface area contributed by atoms with Gasteiger partial charge in [-0.25, -0.2) is 0 Å². The molecule has 16 heavy (non-hydrogen) atoms. The molecule has 2 fully saturated rings. The Balaban J connectivity index is 2.18. The fraction of sp³-hybridized carbons (Fsp3) is 1.00. The van der Waals surface area contributed by atoms with Crippen molar-refractivity contribution in [3.05, 3.63) is 0 Å². The van der Waals surface area contributed by atoms with Crippen LogP contribution in [0.5, 0.6) is 0 Å². The maximum atomic E-state index is 13.3. The maximum absolute atomic E-state index is 13.3. The van der Waals surface area contributed by atoms with E-state index in [4.69, 9.17) is 0 Å². The van der Waals surface area contributed by atoms with Crippen molar-refractivity contribution in [2.45, 2.75) is 63.1 Å². The lowest BCUT2D eigenvalue weighted by Crippen LogP contribution is -2.63. The van der Waals surface area contributed by atoms with Crippen molar-refractivity contribution in [3.63, 3.8) is 0 Å². The Morgan fingerprint density at radius 2 is 1.62 bits per heavy atom. The zero-order valence-electron chi connectivity index (χ0n) is 9.58. The smallest absolute Gasteiger partial charge is 0.303 e. The fourth-order valence-corrected chi connectivity index (χ4v) is 3.35. The Morgan fingerprint density at radius 1 is 0.938 bits per heavy atom. The highest BCUT2D eigenvalue weighted by Crippen LogP contribution is 2.46. The minimum atomic E-state index is -4.09. The van der Waals surface area contributed by atoms with Crippen LogP contribution >= 0.6 is 0 Å². The van der Waals surface area contributed by atoms with Crippen LogP contribution in [-0.2, 0) is 0 Å². The van der Waals surface area contributed by atoms with Gasteiger partial charge in [0, 0.05) is 0 Å². The molecule has 2 aliphatic rings. The van der Waals surface area contributed by atoms with Crippen molar-refractivity contribution < 1.29 is 13.2 Å². The molecule has 0 spiro atoms. The van der Waals surface area contributed by atoms with E-state index in [-0.39, 0.29) is 12.3 Å². The molecule has 0 aromatic heterocycles. The van der Waals surface area contributed by atoms with Gasteiger partial charge in [0.25, 0.3) is 0 Å². The van der Waals surface area contributed by atoms with Crippen molar-refractivity contribution in [1.82, 2.24) is 5.32 Å². The van der Waals surface area contributed by atoms with Crippen LogP contribution in [0, 0.1) is 5.92 Å². The second-order valence-electron chi connectivity index (χ2n) is 5.19. The third-order valence-electron chi connectivity index (χ3n) is 4.25. The summed E-state index contributed by atoms with van der Waals surface area (Å²) < 4.78 is 40.0. The molecule has 0 bridgehead atoms. The summed E-state index contributed by atoms with van der Waals surface area (Å²) in [5.41, 5.74) is -1.56. The Bertz CT molecular complexity index is 225. The van der Waals surface area contributed by atoms with Crippen molar-refractivity contribution in [2.24, 2.45) is 5.92 Å². The first-order valence-electron chi connectivity index (χ1n) is 6.38. The van der Waals surface area contributed by atoms with E-state index in [1.54, 1.807) is 0 Å². The lowest BCUT2D eigenvalue weighted by atomic mass is 9.70. The topological polar surface area (TPSA) is 12.0 Å². The molecular formula is C12H20F3N. The van der Waals surface area contributed by atoms with E-state index in [9.17, 15) is 13.2 Å². The summed E-state index contributed by atoms with van der Waals surface area (Å²) >= 11 is 0. The Kier molecular flexibility index (Phi) is 3.48. The minimum Gasteiger partial charge on any atom is -0.303 e. The van der Waals surface area contributed by atoms with Crippen LogP contribution in [0.15, 0.2) is 0 Å². The molecule has 0 aromatic rings. The van der Waals surface area contributed by atoms with E-state index in [1.165, 1.54) is 0 Å². The molecular weight excluding hydrogens is 215 g/mol. The highest BCUT2D eigenvalue weighted by molar-refractivity contribution is 5.02. The van der Waals surface area contributed by atoms with Gasteiger partial charge in [-0.05, 0) is 44.6 Å². The van der Waals surface area contributed by atoms with Crippen LogP contribution in [-0.4, -0.2) is 18.3 Å². The predicted molar refractivity (Wildman–Crippen MR) is 57.2 cm³/mol. The van der Waals surface area contributed by atoms with Crippen LogP contribution in [0.2, 0.25) is 0 Å². The van der Waals surface area contributed by atoms with Crippen LogP contribution in [0.1, 0.15) is 51.4 Å². The second kappa shape index (κ2) is 4.55. The van der Waals surface area contributed by atoms with Crippen molar-refractivity contribution in [3.8, 4) is 0 Å². The van der Waals surface area contributed by atoms with Crippen molar-refractivity contribution in [2.75, 3.05) is 6.54 Å². The van der Waals surface area contributed by atoms with Crippen molar-refractivity contribution >= 4 is 0 Å². The molecule has 1 atom stereocenters. The van der Waals surface area contributed by atoms with Gasteiger partial charge in [-0.3, -0.25) is 0 Å². The molecule has 2 rings (SSSR count). The van der Waals surface area contributed by atoms with E-state index in [1.807, 2.05) is 0 Å². The molecule has 1 aliphatic heterocycles. The zero-order chi connectivity index (χ0) is 11.6. The molecule has 1 heterocycles. The first kappa shape index (κ1) is 12.2. The molecule has 1 saturated carbocycles.